The van der Waals surface area contributed by atoms with Gasteiger partial charge in [0.1, 0.15) is 5.75 Å². The maximum atomic E-state index is 13.0. The van der Waals surface area contributed by atoms with Gasteiger partial charge in [0.05, 0.1) is 29.8 Å². The van der Waals surface area contributed by atoms with Crippen LogP contribution in [0.25, 0.3) is 11.5 Å². The fourth-order valence-electron chi connectivity index (χ4n) is 3.63. The van der Waals surface area contributed by atoms with E-state index in [0.29, 0.717) is 11.3 Å². The van der Waals surface area contributed by atoms with Gasteiger partial charge in [0.2, 0.25) is 10.0 Å². The normalized spacial score (nSPS) is 19.2. The molecule has 3 aromatic rings. The van der Waals surface area contributed by atoms with Crippen LogP contribution >= 0.6 is 0 Å². The second kappa shape index (κ2) is 9.30. The SMILES string of the molecule is COc1ccccc1-c1nnc(NC(=O)c2ccc(S(=O)(=O)N3C[C@@H](C)O[C@H](C)C3)cc2)o1. The average Bonchev–Trinajstić information content (AvgIpc) is 3.26. The molecule has 0 aliphatic carbocycles. The fourth-order valence-corrected chi connectivity index (χ4v) is 5.22. The van der Waals surface area contributed by atoms with Gasteiger partial charge in [-0.05, 0) is 50.2 Å². The number of para-hydroxylation sites is 1. The Bertz CT molecular complexity index is 1230. The topological polar surface area (TPSA) is 124 Å². The number of rotatable bonds is 6. The lowest BCUT2D eigenvalue weighted by molar-refractivity contribution is -0.0440. The molecule has 11 heteroatoms. The van der Waals surface area contributed by atoms with E-state index < -0.39 is 15.9 Å². The molecular weight excluding hydrogens is 448 g/mol. The molecule has 10 nitrogen and oxygen atoms in total. The first kappa shape index (κ1) is 22.9. The van der Waals surface area contributed by atoms with Crippen molar-refractivity contribution in [2.24, 2.45) is 0 Å². The summed E-state index contributed by atoms with van der Waals surface area (Å²) in [5, 5.41) is 10.3. The average molecular weight is 473 g/mol. The first-order valence-corrected chi connectivity index (χ1v) is 11.8. The largest absolute Gasteiger partial charge is 0.496 e. The van der Waals surface area contributed by atoms with Gasteiger partial charge >= 0.3 is 6.01 Å². The number of methoxy groups -OCH3 is 1. The Morgan fingerprint density at radius 1 is 1.06 bits per heavy atom. The van der Waals surface area contributed by atoms with Gasteiger partial charge in [-0.3, -0.25) is 10.1 Å². The number of aromatic nitrogens is 2. The molecule has 174 valence electrons. The molecule has 1 amide bonds. The van der Waals surface area contributed by atoms with Crippen LogP contribution in [0.1, 0.15) is 24.2 Å². The highest BCUT2D eigenvalue weighted by Gasteiger charge is 2.32. The Hall–Kier alpha value is -3.28. The van der Waals surface area contributed by atoms with Crippen LogP contribution in [0.3, 0.4) is 0 Å². The van der Waals surface area contributed by atoms with Gasteiger partial charge in [0.15, 0.2) is 0 Å². The van der Waals surface area contributed by atoms with Gasteiger partial charge in [-0.25, -0.2) is 8.42 Å². The van der Waals surface area contributed by atoms with Crippen LogP contribution in [0.5, 0.6) is 5.75 Å². The van der Waals surface area contributed by atoms with E-state index >= 15 is 0 Å². The highest BCUT2D eigenvalue weighted by Crippen LogP contribution is 2.29. The number of hydrogen-bond donors (Lipinski definition) is 1. The zero-order chi connectivity index (χ0) is 23.6. The molecule has 2 atom stereocenters. The van der Waals surface area contributed by atoms with Crippen molar-refractivity contribution in [3.8, 4) is 17.2 Å². The Morgan fingerprint density at radius 3 is 2.39 bits per heavy atom. The lowest BCUT2D eigenvalue weighted by atomic mass is 10.2. The van der Waals surface area contributed by atoms with Crippen LogP contribution in [0.4, 0.5) is 6.01 Å². The molecule has 1 aromatic heterocycles. The summed E-state index contributed by atoms with van der Waals surface area (Å²) in [6.07, 6.45) is -0.382. The lowest BCUT2D eigenvalue weighted by Gasteiger charge is -2.34. The first-order chi connectivity index (χ1) is 15.8. The molecular formula is C22H24N4O6S. The number of nitrogens with zero attached hydrogens (tertiary/aromatic N) is 3. The van der Waals surface area contributed by atoms with Crippen LogP contribution in [-0.2, 0) is 14.8 Å². The summed E-state index contributed by atoms with van der Waals surface area (Å²) in [6, 6.07) is 12.7. The van der Waals surface area contributed by atoms with E-state index in [1.165, 1.54) is 35.7 Å². The van der Waals surface area contributed by atoms with Crippen molar-refractivity contribution in [1.82, 2.24) is 14.5 Å². The first-order valence-electron chi connectivity index (χ1n) is 10.3. The molecule has 0 unspecified atom stereocenters. The molecule has 4 rings (SSSR count). The van der Waals surface area contributed by atoms with Crippen molar-refractivity contribution < 1.29 is 27.1 Å². The van der Waals surface area contributed by atoms with E-state index in [1.54, 1.807) is 18.2 Å². The highest BCUT2D eigenvalue weighted by atomic mass is 32.2. The number of hydrogen-bond acceptors (Lipinski definition) is 8. The summed E-state index contributed by atoms with van der Waals surface area (Å²) in [5.74, 6) is 0.237. The van der Waals surface area contributed by atoms with Crippen LogP contribution in [0, 0.1) is 0 Å². The second-order valence-corrected chi connectivity index (χ2v) is 9.61. The zero-order valence-electron chi connectivity index (χ0n) is 18.4. The van der Waals surface area contributed by atoms with Crippen molar-refractivity contribution in [3.05, 3.63) is 54.1 Å². The van der Waals surface area contributed by atoms with Gasteiger partial charge in [-0.1, -0.05) is 17.2 Å². The number of sulfonamides is 1. The smallest absolute Gasteiger partial charge is 0.322 e. The van der Waals surface area contributed by atoms with Crippen molar-refractivity contribution in [2.45, 2.75) is 31.0 Å². The molecule has 33 heavy (non-hydrogen) atoms. The van der Waals surface area contributed by atoms with E-state index in [1.807, 2.05) is 19.9 Å². The maximum absolute atomic E-state index is 13.0. The predicted octanol–water partition coefficient (Wildman–Crippen LogP) is 2.80. The van der Waals surface area contributed by atoms with Gasteiger partial charge in [-0.15, -0.1) is 5.10 Å². The maximum Gasteiger partial charge on any atom is 0.322 e. The summed E-state index contributed by atoms with van der Waals surface area (Å²) in [7, 11) is -2.16. The van der Waals surface area contributed by atoms with E-state index in [9.17, 15) is 13.2 Å². The Labute approximate surface area is 191 Å². The molecule has 1 N–H and O–H groups in total. The van der Waals surface area contributed by atoms with Crippen LogP contribution < -0.4 is 10.1 Å². The molecule has 0 radical (unpaired) electrons. The minimum atomic E-state index is -3.69. The van der Waals surface area contributed by atoms with Gasteiger partial charge < -0.3 is 13.9 Å². The molecule has 1 aliphatic heterocycles. The molecule has 2 aromatic carbocycles. The summed E-state index contributed by atoms with van der Waals surface area (Å²) in [4.78, 5) is 12.7. The number of amides is 1. The monoisotopic (exact) mass is 472 g/mol. The van der Waals surface area contributed by atoms with E-state index in [4.69, 9.17) is 13.9 Å². The molecule has 1 aliphatic rings. The quantitative estimate of drug-likeness (QED) is 0.581. The number of anilines is 1. The standard InChI is InChI=1S/C22H24N4O6S/c1-14-12-26(13-15(2)31-14)33(28,29)17-10-8-16(9-11-17)20(27)23-22-25-24-21(32-22)18-6-4-5-7-19(18)30-3/h4-11,14-15H,12-13H2,1-3H3,(H,23,25,27)/t14-,15-/m1/s1. The lowest BCUT2D eigenvalue weighted by Crippen LogP contribution is -2.48. The minimum Gasteiger partial charge on any atom is -0.496 e. The van der Waals surface area contributed by atoms with Crippen molar-refractivity contribution in [1.29, 1.82) is 0 Å². The van der Waals surface area contributed by atoms with Crippen LogP contribution in [0.2, 0.25) is 0 Å². The number of carbonyl (C=O) groups is 1. The summed E-state index contributed by atoms with van der Waals surface area (Å²) in [5.41, 5.74) is 0.837. The van der Waals surface area contributed by atoms with E-state index in [0.717, 1.165) is 0 Å². The van der Waals surface area contributed by atoms with Gasteiger partial charge in [0.25, 0.3) is 11.8 Å². The second-order valence-electron chi connectivity index (χ2n) is 7.67. The van der Waals surface area contributed by atoms with Crippen LogP contribution in [-0.4, -0.2) is 61.2 Å². The summed E-state index contributed by atoms with van der Waals surface area (Å²) < 4.78 is 43.8. The number of ether oxygens (including phenoxy) is 2. The molecule has 0 bridgehead atoms. The molecule has 1 saturated heterocycles. The predicted molar refractivity (Wildman–Crippen MR) is 119 cm³/mol. The Kier molecular flexibility index (Phi) is 6.45. The number of carbonyl (C=O) groups excluding carboxylic acids is 1. The van der Waals surface area contributed by atoms with Crippen molar-refractivity contribution in [2.75, 3.05) is 25.5 Å². The van der Waals surface area contributed by atoms with Gasteiger partial charge in [0, 0.05) is 18.7 Å². The van der Waals surface area contributed by atoms with E-state index in [-0.39, 0.29) is 47.7 Å². The highest BCUT2D eigenvalue weighted by molar-refractivity contribution is 7.89. The fraction of sp³-hybridized carbons (Fsp3) is 0.318. The summed E-state index contributed by atoms with van der Waals surface area (Å²) in [6.45, 7) is 4.23. The minimum absolute atomic E-state index is 0.0890. The number of benzene rings is 2. The third-order valence-electron chi connectivity index (χ3n) is 5.12. The third-order valence-corrected chi connectivity index (χ3v) is 6.97. The number of nitrogens with one attached hydrogen (secondary N) is 1. The van der Waals surface area contributed by atoms with E-state index in [2.05, 4.69) is 15.5 Å². The zero-order valence-corrected chi connectivity index (χ0v) is 19.2. The van der Waals surface area contributed by atoms with Crippen LogP contribution in [0.15, 0.2) is 57.8 Å². The molecule has 2 heterocycles. The summed E-state index contributed by atoms with van der Waals surface area (Å²) >= 11 is 0. The Balaban J connectivity index is 1.47. The van der Waals surface area contributed by atoms with Gasteiger partial charge in [-0.2, -0.15) is 4.31 Å². The van der Waals surface area contributed by atoms with Crippen molar-refractivity contribution in [3.63, 3.8) is 0 Å². The third kappa shape index (κ3) is 4.90. The Morgan fingerprint density at radius 2 is 1.73 bits per heavy atom. The molecule has 0 saturated carbocycles. The van der Waals surface area contributed by atoms with Crippen molar-refractivity contribution >= 4 is 21.9 Å². The molecule has 1 fully saturated rings. The molecule has 0 spiro atoms. The number of morpholine rings is 1.